The molecule has 0 unspecified atom stereocenters. The standard InChI is InChI=1S/C14H10ClN3O/c15-11-6-2-1-5-10(11)14-17-12(9-16-19)13-7-3-4-8-18(13)14/h1-9,19H/b16-9-. The summed E-state index contributed by atoms with van der Waals surface area (Å²) in [6, 6.07) is 13.2. The van der Waals surface area contributed by atoms with Crippen molar-refractivity contribution in [3.8, 4) is 11.4 Å². The maximum atomic E-state index is 8.71. The van der Waals surface area contributed by atoms with Crippen LogP contribution in [-0.2, 0) is 0 Å². The number of nitrogens with zero attached hydrogens (tertiary/aromatic N) is 3. The van der Waals surface area contributed by atoms with Crippen LogP contribution in [-0.4, -0.2) is 20.8 Å². The summed E-state index contributed by atoms with van der Waals surface area (Å²) in [7, 11) is 0. The van der Waals surface area contributed by atoms with Crippen LogP contribution in [0, 0.1) is 0 Å². The van der Waals surface area contributed by atoms with E-state index in [2.05, 4.69) is 10.1 Å². The van der Waals surface area contributed by atoms with Gasteiger partial charge in [-0.05, 0) is 24.3 Å². The molecule has 2 heterocycles. The van der Waals surface area contributed by atoms with Crippen molar-refractivity contribution >= 4 is 23.3 Å². The van der Waals surface area contributed by atoms with Crippen LogP contribution in [0.3, 0.4) is 0 Å². The fourth-order valence-electron chi connectivity index (χ4n) is 2.04. The SMILES string of the molecule is O/N=C\c1nc(-c2ccccc2Cl)n2ccccc12. The van der Waals surface area contributed by atoms with Crippen molar-refractivity contribution in [3.05, 3.63) is 59.4 Å². The van der Waals surface area contributed by atoms with Crippen LogP contribution >= 0.6 is 11.6 Å². The molecule has 1 aromatic carbocycles. The highest BCUT2D eigenvalue weighted by Gasteiger charge is 2.13. The molecule has 3 aromatic rings. The Bertz CT molecular complexity index is 764. The predicted molar refractivity (Wildman–Crippen MR) is 75.0 cm³/mol. The summed E-state index contributed by atoms with van der Waals surface area (Å²) in [5.74, 6) is 0.719. The highest BCUT2D eigenvalue weighted by atomic mass is 35.5. The number of hydrogen-bond acceptors (Lipinski definition) is 3. The van der Waals surface area contributed by atoms with Gasteiger partial charge in [0.1, 0.15) is 11.5 Å². The molecule has 0 aliphatic heterocycles. The molecule has 0 aliphatic carbocycles. The molecule has 2 aromatic heterocycles. The molecule has 0 aliphatic rings. The second-order valence-electron chi connectivity index (χ2n) is 4.00. The Labute approximate surface area is 114 Å². The van der Waals surface area contributed by atoms with Gasteiger partial charge in [0, 0.05) is 11.8 Å². The van der Waals surface area contributed by atoms with Gasteiger partial charge in [-0.3, -0.25) is 4.40 Å². The van der Waals surface area contributed by atoms with Crippen molar-refractivity contribution in [2.45, 2.75) is 0 Å². The first-order valence-electron chi connectivity index (χ1n) is 5.70. The van der Waals surface area contributed by atoms with Gasteiger partial charge in [0.05, 0.1) is 16.8 Å². The molecule has 3 rings (SSSR count). The lowest BCUT2D eigenvalue weighted by Crippen LogP contribution is -1.88. The average molecular weight is 272 g/mol. The summed E-state index contributed by atoms with van der Waals surface area (Å²) in [6.07, 6.45) is 3.21. The summed E-state index contributed by atoms with van der Waals surface area (Å²) in [5.41, 5.74) is 2.29. The van der Waals surface area contributed by atoms with E-state index in [4.69, 9.17) is 16.8 Å². The molecule has 94 valence electrons. The topological polar surface area (TPSA) is 49.9 Å². The highest BCUT2D eigenvalue weighted by Crippen LogP contribution is 2.28. The lowest BCUT2D eigenvalue weighted by atomic mass is 10.2. The molecule has 0 bridgehead atoms. The van der Waals surface area contributed by atoms with E-state index < -0.39 is 0 Å². The summed E-state index contributed by atoms with van der Waals surface area (Å²) in [6.45, 7) is 0. The number of aromatic nitrogens is 2. The van der Waals surface area contributed by atoms with Crippen molar-refractivity contribution in [2.75, 3.05) is 0 Å². The molecule has 4 nitrogen and oxygen atoms in total. The summed E-state index contributed by atoms with van der Waals surface area (Å²) >= 11 is 6.21. The number of oxime groups is 1. The molecule has 1 N–H and O–H groups in total. The third kappa shape index (κ3) is 1.96. The van der Waals surface area contributed by atoms with Gasteiger partial charge in [0.2, 0.25) is 0 Å². The number of pyridine rings is 1. The smallest absolute Gasteiger partial charge is 0.146 e. The average Bonchev–Trinajstić information content (AvgIpc) is 2.79. The third-order valence-corrected chi connectivity index (χ3v) is 3.20. The van der Waals surface area contributed by atoms with Crippen molar-refractivity contribution in [2.24, 2.45) is 5.16 Å². The third-order valence-electron chi connectivity index (χ3n) is 2.87. The van der Waals surface area contributed by atoms with Gasteiger partial charge in [0.15, 0.2) is 0 Å². The summed E-state index contributed by atoms with van der Waals surface area (Å²) < 4.78 is 1.91. The van der Waals surface area contributed by atoms with E-state index >= 15 is 0 Å². The van der Waals surface area contributed by atoms with Gasteiger partial charge in [-0.1, -0.05) is 35.0 Å². The molecular weight excluding hydrogens is 262 g/mol. The van der Waals surface area contributed by atoms with Gasteiger partial charge in [-0.25, -0.2) is 4.98 Å². The van der Waals surface area contributed by atoms with E-state index in [-0.39, 0.29) is 0 Å². The van der Waals surface area contributed by atoms with Crippen LogP contribution in [0.2, 0.25) is 5.02 Å². The molecule has 5 heteroatoms. The molecule has 0 fully saturated rings. The lowest BCUT2D eigenvalue weighted by molar-refractivity contribution is 0.322. The normalized spacial score (nSPS) is 11.4. The van der Waals surface area contributed by atoms with Crippen LogP contribution in [0.15, 0.2) is 53.8 Å². The van der Waals surface area contributed by atoms with Crippen molar-refractivity contribution in [1.82, 2.24) is 9.38 Å². The van der Waals surface area contributed by atoms with Gasteiger partial charge in [-0.15, -0.1) is 0 Å². The zero-order valence-corrected chi connectivity index (χ0v) is 10.6. The van der Waals surface area contributed by atoms with Crippen LogP contribution in [0.5, 0.6) is 0 Å². The second-order valence-corrected chi connectivity index (χ2v) is 4.41. The zero-order valence-electron chi connectivity index (χ0n) is 9.86. The first-order chi connectivity index (χ1) is 9.31. The molecule has 0 radical (unpaired) electrons. The maximum absolute atomic E-state index is 8.71. The number of fused-ring (bicyclic) bond motifs is 1. The van der Waals surface area contributed by atoms with Crippen LogP contribution in [0.1, 0.15) is 5.69 Å². The Balaban J connectivity index is 2.33. The number of imidazole rings is 1. The maximum Gasteiger partial charge on any atom is 0.146 e. The molecule has 0 amide bonds. The number of rotatable bonds is 2. The van der Waals surface area contributed by atoms with Gasteiger partial charge >= 0.3 is 0 Å². The van der Waals surface area contributed by atoms with E-state index in [0.29, 0.717) is 10.7 Å². The molecule has 0 saturated carbocycles. The Morgan fingerprint density at radius 2 is 1.95 bits per heavy atom. The molecule has 19 heavy (non-hydrogen) atoms. The minimum atomic E-state index is 0.595. The molecular formula is C14H10ClN3O. The fraction of sp³-hybridized carbons (Fsp3) is 0. The molecule has 0 atom stereocenters. The van der Waals surface area contributed by atoms with E-state index in [1.54, 1.807) is 0 Å². The largest absolute Gasteiger partial charge is 0.411 e. The van der Waals surface area contributed by atoms with Gasteiger partial charge < -0.3 is 5.21 Å². The summed E-state index contributed by atoms with van der Waals surface area (Å²) in [4.78, 5) is 4.48. The number of hydrogen-bond donors (Lipinski definition) is 1. The van der Waals surface area contributed by atoms with E-state index in [1.807, 2.05) is 53.1 Å². The molecule has 0 saturated heterocycles. The molecule has 0 spiro atoms. The highest BCUT2D eigenvalue weighted by molar-refractivity contribution is 6.33. The lowest BCUT2D eigenvalue weighted by Gasteiger charge is -2.02. The van der Waals surface area contributed by atoms with Crippen molar-refractivity contribution in [1.29, 1.82) is 0 Å². The zero-order chi connectivity index (χ0) is 13.2. The monoisotopic (exact) mass is 271 g/mol. The minimum Gasteiger partial charge on any atom is -0.411 e. The number of halogens is 1. The van der Waals surface area contributed by atoms with E-state index in [9.17, 15) is 0 Å². The first-order valence-corrected chi connectivity index (χ1v) is 6.08. The Morgan fingerprint density at radius 1 is 1.16 bits per heavy atom. The summed E-state index contributed by atoms with van der Waals surface area (Å²) in [5, 5.41) is 12.4. The second kappa shape index (κ2) is 4.74. The van der Waals surface area contributed by atoms with Crippen molar-refractivity contribution in [3.63, 3.8) is 0 Å². The van der Waals surface area contributed by atoms with Crippen LogP contribution in [0.4, 0.5) is 0 Å². The Kier molecular flexibility index (Phi) is 2.93. The Hall–Kier alpha value is -2.33. The quantitative estimate of drug-likeness (QED) is 0.441. The first kappa shape index (κ1) is 11.7. The minimum absolute atomic E-state index is 0.595. The van der Waals surface area contributed by atoms with Gasteiger partial charge in [0.25, 0.3) is 0 Å². The van der Waals surface area contributed by atoms with E-state index in [0.717, 1.165) is 16.9 Å². The predicted octanol–water partition coefficient (Wildman–Crippen LogP) is 3.46. The van der Waals surface area contributed by atoms with E-state index in [1.165, 1.54) is 6.21 Å². The Morgan fingerprint density at radius 3 is 2.74 bits per heavy atom. The number of benzene rings is 1. The van der Waals surface area contributed by atoms with Gasteiger partial charge in [-0.2, -0.15) is 0 Å². The van der Waals surface area contributed by atoms with Crippen LogP contribution in [0.25, 0.3) is 16.9 Å². The van der Waals surface area contributed by atoms with Crippen molar-refractivity contribution < 1.29 is 5.21 Å². The fourth-order valence-corrected chi connectivity index (χ4v) is 2.26. The van der Waals surface area contributed by atoms with Crippen LogP contribution < -0.4 is 0 Å².